The van der Waals surface area contributed by atoms with Crippen LogP contribution in [0.1, 0.15) is 45.6 Å². The second-order valence-electron chi connectivity index (χ2n) is 6.55. The van der Waals surface area contributed by atoms with Gasteiger partial charge in [-0.05, 0) is 47.8 Å². The Labute approximate surface area is 132 Å². The van der Waals surface area contributed by atoms with Crippen LogP contribution in [0.25, 0.3) is 5.57 Å². The van der Waals surface area contributed by atoms with Gasteiger partial charge in [0.25, 0.3) is 0 Å². The third-order valence-corrected chi connectivity index (χ3v) is 4.89. The summed E-state index contributed by atoms with van der Waals surface area (Å²) >= 11 is 0. The molecule has 0 aromatic heterocycles. The van der Waals surface area contributed by atoms with E-state index in [0.717, 1.165) is 0 Å². The summed E-state index contributed by atoms with van der Waals surface area (Å²) in [5.41, 5.74) is 4.48. The summed E-state index contributed by atoms with van der Waals surface area (Å²) in [4.78, 5) is 0. The molecule has 2 unspecified atom stereocenters. The van der Waals surface area contributed by atoms with Crippen LogP contribution in [0.4, 0.5) is 0 Å². The molecule has 0 aliphatic heterocycles. The molecule has 1 aliphatic rings. The third kappa shape index (κ3) is 3.95. The van der Waals surface area contributed by atoms with Crippen LogP contribution in [0.2, 0.25) is 0 Å². The number of hydrogen-bond donors (Lipinski definition) is 0. The van der Waals surface area contributed by atoms with Gasteiger partial charge >= 0.3 is 0 Å². The third-order valence-electron chi connectivity index (χ3n) is 4.70. The minimum absolute atomic E-state index is 0.421. The first-order valence-corrected chi connectivity index (χ1v) is 8.57. The van der Waals surface area contributed by atoms with E-state index in [-0.39, 0.29) is 0 Å². The van der Waals surface area contributed by atoms with Crippen molar-refractivity contribution >= 4 is 14.8 Å². The summed E-state index contributed by atoms with van der Waals surface area (Å²) < 4.78 is 0. The second kappa shape index (κ2) is 7.23. The summed E-state index contributed by atoms with van der Waals surface area (Å²) in [5, 5.41) is 0. The fourth-order valence-electron chi connectivity index (χ4n) is 3.47. The summed E-state index contributed by atoms with van der Waals surface area (Å²) in [6.07, 6.45) is 10.9. The zero-order valence-corrected chi connectivity index (χ0v) is 14.6. The summed E-state index contributed by atoms with van der Waals surface area (Å²) in [5.74, 6) is 2.73. The lowest BCUT2D eigenvalue weighted by Crippen LogP contribution is -2.18. The average Bonchev–Trinajstić information content (AvgIpc) is 2.84. The van der Waals surface area contributed by atoms with E-state index < -0.39 is 0 Å². The predicted octanol–water partition coefficient (Wildman–Crippen LogP) is 6.23. The van der Waals surface area contributed by atoms with Crippen molar-refractivity contribution in [3.63, 3.8) is 0 Å². The van der Waals surface area contributed by atoms with Gasteiger partial charge < -0.3 is 0 Å². The van der Waals surface area contributed by atoms with E-state index in [1.807, 2.05) is 5.82 Å². The molecule has 1 saturated carbocycles. The molecule has 0 nitrogen and oxygen atoms in total. The highest BCUT2D eigenvalue weighted by Crippen LogP contribution is 2.47. The Morgan fingerprint density at radius 1 is 1.24 bits per heavy atom. The van der Waals surface area contributed by atoms with Crippen molar-refractivity contribution in [3.8, 4) is 0 Å². The Balaban J connectivity index is 2.37. The van der Waals surface area contributed by atoms with Gasteiger partial charge in [0.15, 0.2) is 0 Å². The molecule has 0 N–H and O–H groups in total. The molecule has 2 atom stereocenters. The molecule has 1 aliphatic carbocycles. The van der Waals surface area contributed by atoms with Gasteiger partial charge in [-0.15, -0.1) is 9.24 Å². The first-order valence-electron chi connectivity index (χ1n) is 7.90. The fraction of sp³-hybridized carbons (Fsp3) is 0.400. The maximum Gasteiger partial charge on any atom is -0.0114 e. The van der Waals surface area contributed by atoms with Crippen LogP contribution in [0, 0.1) is 11.3 Å². The van der Waals surface area contributed by atoms with Crippen molar-refractivity contribution in [1.29, 1.82) is 0 Å². The number of benzene rings is 1. The van der Waals surface area contributed by atoms with Crippen LogP contribution in [-0.4, -0.2) is 0 Å². The van der Waals surface area contributed by atoms with Gasteiger partial charge in [-0.1, -0.05) is 74.6 Å². The molecule has 0 spiro atoms. The number of allylic oxidation sites excluding steroid dienone is 5. The number of rotatable bonds is 4. The molecule has 21 heavy (non-hydrogen) atoms. The molecule has 0 amide bonds. The van der Waals surface area contributed by atoms with E-state index in [0.29, 0.717) is 11.3 Å². The highest BCUT2D eigenvalue weighted by atomic mass is 31.0. The summed E-state index contributed by atoms with van der Waals surface area (Å²) in [6, 6.07) is 10.7. The van der Waals surface area contributed by atoms with Gasteiger partial charge in [-0.2, -0.15) is 0 Å². The lowest BCUT2D eigenvalue weighted by Gasteiger charge is -2.28. The van der Waals surface area contributed by atoms with E-state index in [4.69, 9.17) is 0 Å². The molecule has 1 aromatic rings. The van der Waals surface area contributed by atoms with Crippen LogP contribution in [0.3, 0.4) is 0 Å². The standard InChI is InChI=1S/C20H27P/c1-4-16(19-11-8-13-20(19,2)3)15-18(12-14-21)17-9-6-5-7-10-17/h4-7,9-10,12,14-15,19H,8,11,13,21H2,1-3H3/b14-12-,16-4-,18-15+. The first-order chi connectivity index (χ1) is 10.1. The molecule has 112 valence electrons. The first kappa shape index (κ1) is 16.2. The van der Waals surface area contributed by atoms with E-state index in [2.05, 4.69) is 78.6 Å². The topological polar surface area (TPSA) is 0 Å². The van der Waals surface area contributed by atoms with Gasteiger partial charge in [-0.3, -0.25) is 0 Å². The molecule has 1 heteroatoms. The van der Waals surface area contributed by atoms with Crippen molar-refractivity contribution in [1.82, 2.24) is 0 Å². The predicted molar refractivity (Wildman–Crippen MR) is 98.1 cm³/mol. The quantitative estimate of drug-likeness (QED) is 0.456. The van der Waals surface area contributed by atoms with Crippen LogP contribution in [0.5, 0.6) is 0 Å². The van der Waals surface area contributed by atoms with Crippen molar-refractivity contribution in [3.05, 3.63) is 65.5 Å². The molecule has 0 heterocycles. The molecule has 2 rings (SSSR count). The fourth-order valence-corrected chi connectivity index (χ4v) is 3.68. The Morgan fingerprint density at radius 2 is 1.95 bits per heavy atom. The average molecular weight is 298 g/mol. The van der Waals surface area contributed by atoms with Gasteiger partial charge in [0, 0.05) is 0 Å². The van der Waals surface area contributed by atoms with Crippen molar-refractivity contribution in [2.45, 2.75) is 40.0 Å². The van der Waals surface area contributed by atoms with Crippen LogP contribution >= 0.6 is 9.24 Å². The van der Waals surface area contributed by atoms with E-state index in [1.165, 1.54) is 36.0 Å². The maximum atomic E-state index is 2.68. The molecular formula is C20H27P. The largest absolute Gasteiger partial charge is 0.114 e. The van der Waals surface area contributed by atoms with Crippen molar-refractivity contribution < 1.29 is 0 Å². The smallest absolute Gasteiger partial charge is 0.0114 e. The summed E-state index contributed by atoms with van der Waals surface area (Å²) in [6.45, 7) is 7.00. The minimum Gasteiger partial charge on any atom is -0.114 e. The highest BCUT2D eigenvalue weighted by molar-refractivity contribution is 7.20. The summed E-state index contributed by atoms with van der Waals surface area (Å²) in [7, 11) is 2.68. The zero-order valence-electron chi connectivity index (χ0n) is 13.5. The molecular weight excluding hydrogens is 271 g/mol. The van der Waals surface area contributed by atoms with Gasteiger partial charge in [-0.25, -0.2) is 0 Å². The lowest BCUT2D eigenvalue weighted by molar-refractivity contribution is 0.300. The molecule has 1 aromatic carbocycles. The van der Waals surface area contributed by atoms with Gasteiger partial charge in [0.05, 0.1) is 0 Å². The van der Waals surface area contributed by atoms with Crippen molar-refractivity contribution in [2.75, 3.05) is 0 Å². The van der Waals surface area contributed by atoms with E-state index >= 15 is 0 Å². The van der Waals surface area contributed by atoms with Gasteiger partial charge in [0.2, 0.25) is 0 Å². The monoisotopic (exact) mass is 298 g/mol. The Kier molecular flexibility index (Phi) is 5.59. The maximum absolute atomic E-state index is 2.68. The molecule has 0 radical (unpaired) electrons. The molecule has 0 saturated heterocycles. The minimum atomic E-state index is 0.421. The zero-order chi connectivity index (χ0) is 15.3. The van der Waals surface area contributed by atoms with E-state index in [9.17, 15) is 0 Å². The highest BCUT2D eigenvalue weighted by Gasteiger charge is 2.35. The Hall–Kier alpha value is -1.13. The van der Waals surface area contributed by atoms with Crippen LogP contribution in [0.15, 0.2) is 60.0 Å². The second-order valence-corrected chi connectivity index (χ2v) is 6.93. The van der Waals surface area contributed by atoms with Crippen LogP contribution < -0.4 is 0 Å². The molecule has 1 fully saturated rings. The molecule has 0 bridgehead atoms. The van der Waals surface area contributed by atoms with Gasteiger partial charge in [0.1, 0.15) is 0 Å². The Morgan fingerprint density at radius 3 is 2.48 bits per heavy atom. The van der Waals surface area contributed by atoms with Crippen molar-refractivity contribution in [2.24, 2.45) is 11.3 Å². The SMILES string of the molecule is C/C=C(/C=C(\C=C/P)c1ccccc1)C1CCCC1(C)C. The van der Waals surface area contributed by atoms with E-state index in [1.54, 1.807) is 0 Å². The Bertz CT molecular complexity index is 546. The number of hydrogen-bond acceptors (Lipinski definition) is 0. The normalized spacial score (nSPS) is 23.0. The lowest BCUT2D eigenvalue weighted by atomic mass is 9.76. The van der Waals surface area contributed by atoms with Crippen LogP contribution in [-0.2, 0) is 0 Å².